The van der Waals surface area contributed by atoms with Gasteiger partial charge in [0.15, 0.2) is 0 Å². The van der Waals surface area contributed by atoms with Crippen molar-refractivity contribution < 1.29 is 21.5 Å². The summed E-state index contributed by atoms with van der Waals surface area (Å²) in [5.41, 5.74) is 11.0. The third kappa shape index (κ3) is 7.25. The second kappa shape index (κ2) is 8.09. The molecule has 0 radical (unpaired) electrons. The molecule has 0 spiro atoms. The molecule has 0 bridgehead atoms. The summed E-state index contributed by atoms with van der Waals surface area (Å²) in [6.07, 6.45) is 3.37. The molecule has 0 saturated heterocycles. The molecule has 0 rings (SSSR count). The van der Waals surface area contributed by atoms with Crippen LogP contribution in [-0.4, -0.2) is 19.5 Å². The summed E-state index contributed by atoms with van der Waals surface area (Å²) in [4.78, 5) is 0. The number of alkyl halides is 2. The molecular formula is C9H18I2N5-. The molecule has 0 aromatic carbocycles. The number of nitrogens with zero attached hydrogens (tertiary/aromatic N) is 1. The van der Waals surface area contributed by atoms with Gasteiger partial charge < -0.3 is 0 Å². The number of rotatable bonds is 8. The molecule has 0 amide bonds. The first-order chi connectivity index (χ1) is 7.40. The Morgan fingerprint density at radius 1 is 1.69 bits per heavy atom. The van der Waals surface area contributed by atoms with E-state index in [0.29, 0.717) is 12.3 Å². The molecule has 0 heterocycles. The summed E-state index contributed by atoms with van der Waals surface area (Å²) in [6, 6.07) is 0. The number of amidine groups is 2. The van der Waals surface area contributed by atoms with Crippen molar-refractivity contribution in [2.75, 3.05) is 4.43 Å². The number of hydrogen-bond donors (Lipinski definition) is 4. The van der Waals surface area contributed by atoms with Crippen molar-refractivity contribution in [1.82, 2.24) is 3.64 Å². The normalized spacial score (nSPS) is 15.5. The van der Waals surface area contributed by atoms with Gasteiger partial charge >= 0.3 is 122 Å². The predicted molar refractivity (Wildman–Crippen MR) is 73.4 cm³/mol. The van der Waals surface area contributed by atoms with E-state index in [1.54, 1.807) is 6.08 Å². The summed E-state index contributed by atoms with van der Waals surface area (Å²) in [7, 11) is 0. The average Bonchev–Trinajstić information content (AvgIpc) is 2.22. The molecule has 0 aliphatic carbocycles. The molecule has 16 heavy (non-hydrogen) atoms. The van der Waals surface area contributed by atoms with Crippen LogP contribution in [0.3, 0.4) is 0 Å². The van der Waals surface area contributed by atoms with Gasteiger partial charge in [-0.3, -0.25) is 0 Å². The first-order valence-electron chi connectivity index (χ1n) is 4.72. The SMILES string of the molecule is C=CC(C)(I)C(N)=NN[I-]CCCC(=N)N. The molecule has 7 heteroatoms. The average molecular weight is 450 g/mol. The first-order valence-corrected chi connectivity index (χ1v) is 8.40. The molecule has 1 atom stereocenters. The van der Waals surface area contributed by atoms with Crippen molar-refractivity contribution in [2.45, 2.75) is 23.2 Å². The van der Waals surface area contributed by atoms with E-state index >= 15 is 0 Å². The third-order valence-electron chi connectivity index (χ3n) is 1.78. The second-order valence-electron chi connectivity index (χ2n) is 3.31. The molecular weight excluding hydrogens is 432 g/mol. The Balaban J connectivity index is 3.76. The van der Waals surface area contributed by atoms with E-state index in [4.69, 9.17) is 16.9 Å². The zero-order chi connectivity index (χ0) is 12.6. The molecule has 94 valence electrons. The van der Waals surface area contributed by atoms with E-state index in [9.17, 15) is 0 Å². The van der Waals surface area contributed by atoms with Crippen molar-refractivity contribution in [2.24, 2.45) is 16.6 Å². The summed E-state index contributed by atoms with van der Waals surface area (Å²) in [5.74, 6) is 0.785. The van der Waals surface area contributed by atoms with Crippen LogP contribution >= 0.6 is 22.6 Å². The minimum absolute atomic E-state index is 0.202. The topological polar surface area (TPSA) is 100 Å². The molecule has 1 unspecified atom stereocenters. The molecule has 6 N–H and O–H groups in total. The van der Waals surface area contributed by atoms with Crippen molar-refractivity contribution in [3.63, 3.8) is 0 Å². The van der Waals surface area contributed by atoms with Crippen LogP contribution in [0, 0.1) is 5.41 Å². The Bertz CT molecular complexity index is 275. The van der Waals surface area contributed by atoms with Crippen molar-refractivity contribution in [3.05, 3.63) is 12.7 Å². The Morgan fingerprint density at radius 2 is 2.31 bits per heavy atom. The van der Waals surface area contributed by atoms with E-state index in [2.05, 4.69) is 37.9 Å². The zero-order valence-electron chi connectivity index (χ0n) is 9.26. The van der Waals surface area contributed by atoms with Gasteiger partial charge in [0.05, 0.1) is 0 Å². The van der Waals surface area contributed by atoms with Gasteiger partial charge in [0.2, 0.25) is 0 Å². The molecule has 0 aromatic heterocycles. The Morgan fingerprint density at radius 3 is 2.81 bits per heavy atom. The predicted octanol–water partition coefficient (Wildman–Crippen LogP) is -2.05. The Hall–Kier alpha value is -0.0600. The Kier molecular flexibility index (Phi) is 8.06. The van der Waals surface area contributed by atoms with Crippen molar-refractivity contribution in [1.29, 1.82) is 5.41 Å². The van der Waals surface area contributed by atoms with Crippen molar-refractivity contribution >= 4 is 34.3 Å². The van der Waals surface area contributed by atoms with Crippen LogP contribution in [0.4, 0.5) is 0 Å². The van der Waals surface area contributed by atoms with Crippen LogP contribution in [-0.2, 0) is 0 Å². The fourth-order valence-corrected chi connectivity index (χ4v) is 2.21. The molecule has 0 fully saturated rings. The van der Waals surface area contributed by atoms with Crippen molar-refractivity contribution in [3.8, 4) is 0 Å². The minimum atomic E-state index is -0.298. The van der Waals surface area contributed by atoms with Crippen LogP contribution < -0.4 is 36.6 Å². The van der Waals surface area contributed by atoms with Crippen LogP contribution in [0.5, 0.6) is 0 Å². The number of hydrogen-bond acceptors (Lipinski definition) is 3. The van der Waals surface area contributed by atoms with Gasteiger partial charge in [-0.2, -0.15) is 0 Å². The van der Waals surface area contributed by atoms with E-state index in [1.807, 2.05) is 6.92 Å². The first kappa shape index (κ1) is 15.9. The third-order valence-corrected chi connectivity index (χ3v) is 4.66. The zero-order valence-corrected chi connectivity index (χ0v) is 13.6. The summed E-state index contributed by atoms with van der Waals surface area (Å²) < 4.78 is 3.74. The number of hydrazone groups is 1. The number of halogens is 2. The molecule has 0 aliphatic heterocycles. The van der Waals surface area contributed by atoms with Gasteiger partial charge in [0.1, 0.15) is 0 Å². The van der Waals surface area contributed by atoms with Gasteiger partial charge in [-0.25, -0.2) is 0 Å². The second-order valence-corrected chi connectivity index (χ2v) is 7.88. The van der Waals surface area contributed by atoms with Gasteiger partial charge in [0.25, 0.3) is 0 Å². The number of nitrogens with two attached hydrogens (primary N) is 2. The fraction of sp³-hybridized carbons (Fsp3) is 0.556. The quantitative estimate of drug-likeness (QED) is 0.0501. The van der Waals surface area contributed by atoms with Crippen LogP contribution in [0.15, 0.2) is 17.8 Å². The maximum atomic E-state index is 7.06. The van der Waals surface area contributed by atoms with Crippen LogP contribution in [0.25, 0.3) is 0 Å². The van der Waals surface area contributed by atoms with E-state index in [0.717, 1.165) is 10.8 Å². The summed E-state index contributed by atoms with van der Waals surface area (Å²) in [6.45, 7) is 5.66. The molecule has 0 saturated carbocycles. The fourth-order valence-electron chi connectivity index (χ4n) is 0.656. The molecule has 0 aromatic rings. The van der Waals surface area contributed by atoms with Crippen LogP contribution in [0.1, 0.15) is 19.8 Å². The summed E-state index contributed by atoms with van der Waals surface area (Å²) >= 11 is 1.99. The summed E-state index contributed by atoms with van der Waals surface area (Å²) in [5, 5.41) is 11.2. The van der Waals surface area contributed by atoms with Gasteiger partial charge in [0, 0.05) is 0 Å². The van der Waals surface area contributed by atoms with E-state index in [-0.39, 0.29) is 30.7 Å². The van der Waals surface area contributed by atoms with Crippen LogP contribution in [0.2, 0.25) is 0 Å². The maximum absolute atomic E-state index is 7.06. The Labute approximate surface area is 121 Å². The van der Waals surface area contributed by atoms with Gasteiger partial charge in [-0.1, -0.05) is 0 Å². The standard InChI is InChI=1S/C9H18I2N5/c1-3-9(2,10)8(14)15-16-11-6-4-5-7(12)13/h3,16H,1,4-6H2,2H3,(H3,12,13)(H2,14,15)/q-1. The van der Waals surface area contributed by atoms with Gasteiger partial charge in [-0.15, -0.1) is 0 Å². The van der Waals surface area contributed by atoms with Gasteiger partial charge in [-0.05, 0) is 0 Å². The monoisotopic (exact) mass is 450 g/mol. The number of nitrogens with one attached hydrogen (secondary N) is 2. The molecule has 5 nitrogen and oxygen atoms in total. The van der Waals surface area contributed by atoms with E-state index in [1.165, 1.54) is 0 Å². The molecule has 0 aliphatic rings. The van der Waals surface area contributed by atoms with E-state index < -0.39 is 0 Å².